The van der Waals surface area contributed by atoms with Crippen molar-refractivity contribution in [2.75, 3.05) is 23.7 Å². The van der Waals surface area contributed by atoms with E-state index in [2.05, 4.69) is 5.32 Å². The van der Waals surface area contributed by atoms with Gasteiger partial charge >= 0.3 is 0 Å². The van der Waals surface area contributed by atoms with Gasteiger partial charge in [-0.3, -0.25) is 13.9 Å². The Kier molecular flexibility index (Phi) is 11.1. The Morgan fingerprint density at radius 3 is 2.23 bits per heavy atom. The van der Waals surface area contributed by atoms with Crippen molar-refractivity contribution in [1.29, 1.82) is 0 Å². The molecule has 208 valence electrons. The molecule has 11 heteroatoms. The van der Waals surface area contributed by atoms with Gasteiger partial charge in [-0.15, -0.1) is 0 Å². The molecular weight excluding hydrogens is 581 g/mol. The summed E-state index contributed by atoms with van der Waals surface area (Å²) in [5.74, 6) is -0.938. The first kappa shape index (κ1) is 30.8. The van der Waals surface area contributed by atoms with Crippen molar-refractivity contribution in [3.05, 3.63) is 99.0 Å². The van der Waals surface area contributed by atoms with E-state index in [0.717, 1.165) is 16.1 Å². The zero-order valence-corrected chi connectivity index (χ0v) is 24.7. The van der Waals surface area contributed by atoms with Crippen molar-refractivity contribution in [2.45, 2.75) is 32.4 Å². The van der Waals surface area contributed by atoms with Crippen LogP contribution in [0.1, 0.15) is 24.5 Å². The highest BCUT2D eigenvalue weighted by Crippen LogP contribution is 2.26. The highest BCUT2D eigenvalue weighted by atomic mass is 35.5. The highest BCUT2D eigenvalue weighted by Gasteiger charge is 2.33. The maximum atomic E-state index is 14.0. The Bertz CT molecular complexity index is 1400. The summed E-state index contributed by atoms with van der Waals surface area (Å²) in [5, 5.41) is 3.95. The average Bonchev–Trinajstić information content (AvgIpc) is 2.88. The minimum Gasteiger partial charge on any atom is -0.354 e. The lowest BCUT2D eigenvalue weighted by Crippen LogP contribution is -2.53. The summed E-state index contributed by atoms with van der Waals surface area (Å²) in [6.45, 7) is 1.76. The van der Waals surface area contributed by atoms with E-state index in [1.165, 1.54) is 11.0 Å². The van der Waals surface area contributed by atoms with Crippen molar-refractivity contribution in [3.8, 4) is 0 Å². The Hall–Kier alpha value is -2.78. The summed E-state index contributed by atoms with van der Waals surface area (Å²) in [5.41, 5.74) is 1.63. The number of amides is 2. The predicted octanol–water partition coefficient (Wildman–Crippen LogP) is 5.58. The summed E-state index contributed by atoms with van der Waals surface area (Å²) in [6, 6.07) is 19.5. The highest BCUT2D eigenvalue weighted by molar-refractivity contribution is 7.92. The van der Waals surface area contributed by atoms with E-state index in [4.69, 9.17) is 34.8 Å². The Morgan fingerprint density at radius 2 is 1.62 bits per heavy atom. The standard InChI is InChI=1S/C28H30Cl3N3O4S/c1-3-14-32-28(36)26(15-20-8-5-4-6-9-20)33(18-21-12-13-23(30)17-25(21)31)27(35)19-34(39(2,37)38)24-11-7-10-22(29)16-24/h4-13,16-17,26H,3,14-15,18-19H2,1-2H3,(H,32,36)/t26-/m0/s1. The Labute approximate surface area is 244 Å². The molecule has 7 nitrogen and oxygen atoms in total. The summed E-state index contributed by atoms with van der Waals surface area (Å²) in [7, 11) is -3.89. The molecule has 3 aromatic rings. The number of carbonyl (C=O) groups is 2. The quantitative estimate of drug-likeness (QED) is 0.290. The van der Waals surface area contributed by atoms with E-state index in [0.29, 0.717) is 33.6 Å². The first-order valence-corrected chi connectivity index (χ1v) is 15.3. The third kappa shape index (κ3) is 8.86. The molecule has 0 saturated carbocycles. The normalized spacial score (nSPS) is 12.0. The molecule has 0 aromatic heterocycles. The fourth-order valence-corrected chi connectivity index (χ4v) is 5.49. The molecular formula is C28H30Cl3N3O4S. The van der Waals surface area contributed by atoms with Crippen molar-refractivity contribution in [1.82, 2.24) is 10.2 Å². The van der Waals surface area contributed by atoms with Crippen molar-refractivity contribution < 1.29 is 18.0 Å². The monoisotopic (exact) mass is 609 g/mol. The molecule has 0 aliphatic heterocycles. The topological polar surface area (TPSA) is 86.8 Å². The van der Waals surface area contributed by atoms with Gasteiger partial charge < -0.3 is 10.2 Å². The van der Waals surface area contributed by atoms with Gasteiger partial charge in [0.25, 0.3) is 0 Å². The third-order valence-corrected chi connectivity index (χ3v) is 7.91. The second-order valence-electron chi connectivity index (χ2n) is 9.00. The van der Waals surface area contributed by atoms with Crippen molar-refractivity contribution in [2.24, 2.45) is 0 Å². The molecule has 0 radical (unpaired) electrons. The van der Waals surface area contributed by atoms with Crippen molar-refractivity contribution >= 4 is 62.3 Å². The van der Waals surface area contributed by atoms with Crippen LogP contribution in [-0.2, 0) is 32.6 Å². The number of hydrogen-bond acceptors (Lipinski definition) is 4. The lowest BCUT2D eigenvalue weighted by Gasteiger charge is -2.33. The number of halogens is 3. The molecule has 1 N–H and O–H groups in total. The van der Waals surface area contributed by atoms with Crippen LogP contribution in [0.4, 0.5) is 5.69 Å². The number of hydrogen-bond donors (Lipinski definition) is 1. The van der Waals surface area contributed by atoms with Crippen LogP contribution in [0.3, 0.4) is 0 Å². The van der Waals surface area contributed by atoms with Gasteiger partial charge in [-0.2, -0.15) is 0 Å². The molecule has 1 atom stereocenters. The second-order valence-corrected chi connectivity index (χ2v) is 12.2. The first-order valence-electron chi connectivity index (χ1n) is 12.3. The molecule has 3 aromatic carbocycles. The van der Waals surface area contributed by atoms with E-state index in [1.807, 2.05) is 37.3 Å². The zero-order valence-electron chi connectivity index (χ0n) is 21.6. The SMILES string of the molecule is CCCNC(=O)[C@H](Cc1ccccc1)N(Cc1ccc(Cl)cc1Cl)C(=O)CN(c1cccc(Cl)c1)S(C)(=O)=O. The molecule has 0 bridgehead atoms. The molecule has 0 aliphatic carbocycles. The number of benzene rings is 3. The number of carbonyl (C=O) groups excluding carboxylic acids is 2. The molecule has 0 aliphatic rings. The largest absolute Gasteiger partial charge is 0.354 e. The van der Waals surface area contributed by atoms with Gasteiger partial charge in [0.15, 0.2) is 0 Å². The number of nitrogens with one attached hydrogen (secondary N) is 1. The van der Waals surface area contributed by atoms with Crippen LogP contribution in [0.15, 0.2) is 72.8 Å². The van der Waals surface area contributed by atoms with Gasteiger partial charge in [-0.05, 0) is 47.9 Å². The van der Waals surface area contributed by atoms with Crippen molar-refractivity contribution in [3.63, 3.8) is 0 Å². The van der Waals surface area contributed by atoms with Crippen LogP contribution in [0.5, 0.6) is 0 Å². The lowest BCUT2D eigenvalue weighted by atomic mass is 10.0. The summed E-state index contributed by atoms with van der Waals surface area (Å²) < 4.78 is 26.5. The molecule has 0 heterocycles. The molecule has 39 heavy (non-hydrogen) atoms. The van der Waals surface area contributed by atoms with E-state index in [-0.39, 0.29) is 24.6 Å². The minimum atomic E-state index is -3.89. The fourth-order valence-electron chi connectivity index (χ4n) is 4.00. The van der Waals surface area contributed by atoms with Crippen LogP contribution in [0.25, 0.3) is 0 Å². The number of anilines is 1. The number of nitrogens with zero attached hydrogens (tertiary/aromatic N) is 2. The van der Waals surface area contributed by atoms with Gasteiger partial charge in [0.05, 0.1) is 11.9 Å². The lowest BCUT2D eigenvalue weighted by molar-refractivity contribution is -0.140. The van der Waals surface area contributed by atoms with Gasteiger partial charge in [-0.25, -0.2) is 8.42 Å². The molecule has 3 rings (SSSR count). The maximum absolute atomic E-state index is 14.0. The van der Waals surface area contributed by atoms with Crippen LogP contribution < -0.4 is 9.62 Å². The molecule has 0 spiro atoms. The minimum absolute atomic E-state index is 0.0426. The van der Waals surface area contributed by atoms with Crippen LogP contribution >= 0.6 is 34.8 Å². The second kappa shape index (κ2) is 14.0. The van der Waals surface area contributed by atoms with Gasteiger partial charge in [0.1, 0.15) is 12.6 Å². The number of sulfonamides is 1. The van der Waals surface area contributed by atoms with E-state index in [1.54, 1.807) is 36.4 Å². The summed E-state index contributed by atoms with van der Waals surface area (Å²) in [4.78, 5) is 28.8. The Balaban J connectivity index is 2.07. The smallest absolute Gasteiger partial charge is 0.244 e. The van der Waals surface area contributed by atoms with Crippen LogP contribution in [-0.4, -0.2) is 50.5 Å². The molecule has 0 fully saturated rings. The van der Waals surface area contributed by atoms with E-state index in [9.17, 15) is 18.0 Å². The number of rotatable bonds is 12. The van der Waals surface area contributed by atoms with Gasteiger partial charge in [-0.1, -0.05) is 84.2 Å². The first-order chi connectivity index (χ1) is 18.5. The summed E-state index contributed by atoms with van der Waals surface area (Å²) in [6.07, 6.45) is 1.93. The fraction of sp³-hybridized carbons (Fsp3) is 0.286. The van der Waals surface area contributed by atoms with E-state index < -0.39 is 28.5 Å². The van der Waals surface area contributed by atoms with Gasteiger partial charge in [0.2, 0.25) is 21.8 Å². The molecule has 2 amide bonds. The maximum Gasteiger partial charge on any atom is 0.244 e. The predicted molar refractivity (Wildman–Crippen MR) is 158 cm³/mol. The third-order valence-electron chi connectivity index (χ3n) is 5.95. The average molecular weight is 611 g/mol. The zero-order chi connectivity index (χ0) is 28.6. The van der Waals surface area contributed by atoms with Crippen LogP contribution in [0, 0.1) is 0 Å². The van der Waals surface area contributed by atoms with E-state index >= 15 is 0 Å². The molecule has 0 unspecified atom stereocenters. The Morgan fingerprint density at radius 1 is 0.923 bits per heavy atom. The van der Waals surface area contributed by atoms with Gasteiger partial charge in [0, 0.05) is 34.6 Å². The summed E-state index contributed by atoms with van der Waals surface area (Å²) >= 11 is 18.6. The van der Waals surface area contributed by atoms with Crippen LogP contribution in [0.2, 0.25) is 15.1 Å². The molecule has 0 saturated heterocycles.